The number of carbonyl (C=O) groups is 1. The van der Waals surface area contributed by atoms with Crippen molar-refractivity contribution in [3.63, 3.8) is 0 Å². The van der Waals surface area contributed by atoms with Gasteiger partial charge in [0.25, 0.3) is 0 Å². The van der Waals surface area contributed by atoms with Gasteiger partial charge in [-0.1, -0.05) is 13.8 Å². The fourth-order valence-electron chi connectivity index (χ4n) is 1.61. The molecule has 1 amide bonds. The van der Waals surface area contributed by atoms with Crippen LogP contribution in [0.3, 0.4) is 0 Å². The third kappa shape index (κ3) is 4.71. The van der Waals surface area contributed by atoms with Gasteiger partial charge in [-0.3, -0.25) is 4.79 Å². The maximum Gasteiger partial charge on any atom is 0.240 e. The summed E-state index contributed by atoms with van der Waals surface area (Å²) in [6, 6.07) is 4.21. The van der Waals surface area contributed by atoms with E-state index in [0.717, 1.165) is 0 Å². The van der Waals surface area contributed by atoms with Gasteiger partial charge in [0.1, 0.15) is 5.75 Å². The Bertz CT molecular complexity index is 599. The van der Waals surface area contributed by atoms with Crippen molar-refractivity contribution in [2.45, 2.75) is 44.6 Å². The Kier molecular flexibility index (Phi) is 6.17. The lowest BCUT2D eigenvalue weighted by molar-refractivity contribution is -0.115. The second-order valence-electron chi connectivity index (χ2n) is 4.69. The quantitative estimate of drug-likeness (QED) is 0.807. The lowest BCUT2D eigenvalue weighted by atomic mass is 10.3. The predicted octanol–water partition coefficient (Wildman–Crippen LogP) is 2.12. The van der Waals surface area contributed by atoms with Crippen LogP contribution < -0.4 is 14.8 Å². The number of rotatable bonds is 7. The Morgan fingerprint density at radius 1 is 1.33 bits per heavy atom. The van der Waals surface area contributed by atoms with Crippen LogP contribution in [0.25, 0.3) is 0 Å². The van der Waals surface area contributed by atoms with Gasteiger partial charge in [-0.05, 0) is 31.5 Å². The Balaban J connectivity index is 3.15. The molecule has 7 heteroatoms. The fraction of sp³-hybridized carbons (Fsp3) is 0.500. The number of sulfonamides is 1. The van der Waals surface area contributed by atoms with E-state index in [1.807, 2.05) is 6.92 Å². The van der Waals surface area contributed by atoms with Crippen molar-refractivity contribution in [2.24, 2.45) is 0 Å². The molecule has 0 fully saturated rings. The van der Waals surface area contributed by atoms with Crippen molar-refractivity contribution in [1.82, 2.24) is 4.72 Å². The minimum atomic E-state index is -3.62. The highest BCUT2D eigenvalue weighted by molar-refractivity contribution is 7.89. The minimum Gasteiger partial charge on any atom is -0.495 e. The molecule has 2 N–H and O–H groups in total. The van der Waals surface area contributed by atoms with Gasteiger partial charge in [-0.15, -0.1) is 0 Å². The molecule has 21 heavy (non-hydrogen) atoms. The van der Waals surface area contributed by atoms with Gasteiger partial charge in [-0.25, -0.2) is 13.1 Å². The van der Waals surface area contributed by atoms with Gasteiger partial charge < -0.3 is 10.1 Å². The van der Waals surface area contributed by atoms with Crippen LogP contribution in [0.2, 0.25) is 0 Å². The van der Waals surface area contributed by atoms with Gasteiger partial charge in [0.05, 0.1) is 17.7 Å². The lowest BCUT2D eigenvalue weighted by Crippen LogP contribution is -2.32. The van der Waals surface area contributed by atoms with Crippen LogP contribution in [-0.2, 0) is 14.8 Å². The number of benzene rings is 1. The van der Waals surface area contributed by atoms with E-state index in [1.54, 1.807) is 13.8 Å². The maximum atomic E-state index is 12.2. The number of ether oxygens (including phenoxy) is 1. The highest BCUT2D eigenvalue weighted by Gasteiger charge is 2.19. The van der Waals surface area contributed by atoms with Gasteiger partial charge in [-0.2, -0.15) is 0 Å². The molecule has 0 radical (unpaired) electrons. The molecule has 1 aromatic rings. The summed E-state index contributed by atoms with van der Waals surface area (Å²) in [4.78, 5) is 11.6. The van der Waals surface area contributed by atoms with Crippen molar-refractivity contribution in [2.75, 3.05) is 12.4 Å². The molecule has 1 aromatic carbocycles. The normalized spacial score (nSPS) is 12.8. The van der Waals surface area contributed by atoms with E-state index >= 15 is 0 Å². The molecule has 118 valence electrons. The van der Waals surface area contributed by atoms with E-state index in [2.05, 4.69) is 10.0 Å². The third-order valence-corrected chi connectivity index (χ3v) is 4.63. The average Bonchev–Trinajstić information content (AvgIpc) is 2.46. The lowest BCUT2D eigenvalue weighted by Gasteiger charge is -2.15. The Morgan fingerprint density at radius 2 is 2.00 bits per heavy atom. The van der Waals surface area contributed by atoms with Crippen LogP contribution in [0.5, 0.6) is 5.75 Å². The molecular formula is C14H22N2O4S. The Hall–Kier alpha value is -1.60. The van der Waals surface area contributed by atoms with E-state index in [4.69, 9.17) is 4.74 Å². The second-order valence-corrected chi connectivity index (χ2v) is 6.41. The second kappa shape index (κ2) is 7.42. The fourth-order valence-corrected chi connectivity index (χ4v) is 2.96. The summed E-state index contributed by atoms with van der Waals surface area (Å²) in [6.45, 7) is 5.40. The molecule has 0 bridgehead atoms. The Labute approximate surface area is 125 Å². The first-order chi connectivity index (χ1) is 9.83. The zero-order valence-corrected chi connectivity index (χ0v) is 13.6. The molecule has 0 heterocycles. The smallest absolute Gasteiger partial charge is 0.240 e. The number of hydrogen-bond acceptors (Lipinski definition) is 4. The highest BCUT2D eigenvalue weighted by atomic mass is 32.2. The summed E-state index contributed by atoms with van der Waals surface area (Å²) < 4.78 is 32.2. The number of nitrogens with one attached hydrogen (secondary N) is 2. The molecule has 0 saturated carbocycles. The number of amides is 1. The van der Waals surface area contributed by atoms with E-state index < -0.39 is 10.0 Å². The molecule has 6 nitrogen and oxygen atoms in total. The summed E-state index contributed by atoms with van der Waals surface area (Å²) in [5.41, 5.74) is 0.344. The molecule has 0 aliphatic rings. The average molecular weight is 314 g/mol. The molecular weight excluding hydrogens is 292 g/mol. The molecule has 0 aliphatic carbocycles. The first kappa shape index (κ1) is 17.5. The molecule has 0 saturated heterocycles. The van der Waals surface area contributed by atoms with Crippen molar-refractivity contribution in [3.05, 3.63) is 18.2 Å². The first-order valence-electron chi connectivity index (χ1n) is 6.84. The maximum absolute atomic E-state index is 12.2. The summed E-state index contributed by atoms with van der Waals surface area (Å²) in [6.07, 6.45) is 0.986. The van der Waals surface area contributed by atoms with Gasteiger partial charge in [0.15, 0.2) is 0 Å². The monoisotopic (exact) mass is 314 g/mol. The van der Waals surface area contributed by atoms with Gasteiger partial charge in [0.2, 0.25) is 15.9 Å². The molecule has 1 unspecified atom stereocenters. The van der Waals surface area contributed by atoms with Crippen LogP contribution in [0.15, 0.2) is 23.1 Å². The third-order valence-electron chi connectivity index (χ3n) is 3.05. The molecule has 0 aromatic heterocycles. The van der Waals surface area contributed by atoms with E-state index in [1.165, 1.54) is 25.3 Å². The van der Waals surface area contributed by atoms with Crippen LogP contribution in [-0.4, -0.2) is 27.5 Å². The van der Waals surface area contributed by atoms with E-state index in [0.29, 0.717) is 24.3 Å². The van der Waals surface area contributed by atoms with Crippen LogP contribution >= 0.6 is 0 Å². The van der Waals surface area contributed by atoms with Crippen LogP contribution in [0, 0.1) is 0 Å². The topological polar surface area (TPSA) is 84.5 Å². The zero-order chi connectivity index (χ0) is 16.0. The predicted molar refractivity (Wildman–Crippen MR) is 82.0 cm³/mol. The molecule has 0 aliphatic heterocycles. The summed E-state index contributed by atoms with van der Waals surface area (Å²) >= 11 is 0. The van der Waals surface area contributed by atoms with Gasteiger partial charge in [0, 0.05) is 12.5 Å². The van der Waals surface area contributed by atoms with Crippen LogP contribution in [0.1, 0.15) is 33.6 Å². The number of hydrogen-bond donors (Lipinski definition) is 2. The first-order valence-corrected chi connectivity index (χ1v) is 8.32. The van der Waals surface area contributed by atoms with Crippen molar-refractivity contribution in [3.8, 4) is 5.75 Å². The minimum absolute atomic E-state index is 0.0926. The van der Waals surface area contributed by atoms with Crippen molar-refractivity contribution < 1.29 is 17.9 Å². The summed E-state index contributed by atoms with van der Waals surface area (Å²) in [7, 11) is -2.16. The largest absolute Gasteiger partial charge is 0.495 e. The summed E-state index contributed by atoms with van der Waals surface area (Å²) in [5, 5.41) is 2.63. The molecule has 0 spiro atoms. The highest BCUT2D eigenvalue weighted by Crippen LogP contribution is 2.27. The zero-order valence-electron chi connectivity index (χ0n) is 12.8. The standard InChI is InChI=1S/C14H22N2O4S/c1-5-10(3)16-21(18,19)11-7-8-13(20-4)12(9-11)15-14(17)6-2/h7-10,16H,5-6H2,1-4H3,(H,15,17). The molecule has 1 rings (SSSR count). The number of methoxy groups -OCH3 is 1. The van der Waals surface area contributed by atoms with E-state index in [9.17, 15) is 13.2 Å². The van der Waals surface area contributed by atoms with Crippen LogP contribution in [0.4, 0.5) is 5.69 Å². The van der Waals surface area contributed by atoms with E-state index in [-0.39, 0.29) is 16.8 Å². The number of anilines is 1. The molecule has 1 atom stereocenters. The van der Waals surface area contributed by atoms with Crippen molar-refractivity contribution in [1.29, 1.82) is 0 Å². The van der Waals surface area contributed by atoms with Gasteiger partial charge >= 0.3 is 0 Å². The van der Waals surface area contributed by atoms with Crippen molar-refractivity contribution >= 4 is 21.6 Å². The number of carbonyl (C=O) groups excluding carboxylic acids is 1. The SMILES string of the molecule is CCC(=O)Nc1cc(S(=O)(=O)NC(C)CC)ccc1OC. The Morgan fingerprint density at radius 3 is 2.52 bits per heavy atom. The summed E-state index contributed by atoms with van der Waals surface area (Å²) in [5.74, 6) is 0.206.